The van der Waals surface area contributed by atoms with Crippen LogP contribution in [0.3, 0.4) is 0 Å². The van der Waals surface area contributed by atoms with Crippen LogP contribution in [0.25, 0.3) is 10.2 Å². The molecule has 0 unspecified atom stereocenters. The van der Waals surface area contributed by atoms with Crippen LogP contribution in [0, 0.1) is 6.92 Å². The molecule has 0 atom stereocenters. The van der Waals surface area contributed by atoms with Crippen molar-refractivity contribution in [2.75, 3.05) is 32.5 Å². The number of carboxylic acids is 1. The summed E-state index contributed by atoms with van der Waals surface area (Å²) in [6, 6.07) is 0. The summed E-state index contributed by atoms with van der Waals surface area (Å²) >= 11 is 1.18. The summed E-state index contributed by atoms with van der Waals surface area (Å²) in [7, 11) is 3.99. The van der Waals surface area contributed by atoms with Gasteiger partial charge in [0.2, 0.25) is 0 Å². The standard InChI is InChI=1S/C12H16N4O2S/c1-7-8-10(13-4-5-16(2)3)14-6-15-11(8)19-9(7)12(17)18/h6H,4-5H2,1-3H3,(H,17,18)(H,13,14,15). The fourth-order valence-corrected chi connectivity index (χ4v) is 2.80. The fraction of sp³-hybridized carbons (Fsp3) is 0.417. The van der Waals surface area contributed by atoms with Crippen LogP contribution < -0.4 is 5.32 Å². The average Bonchev–Trinajstić information content (AvgIpc) is 2.67. The van der Waals surface area contributed by atoms with Gasteiger partial charge in [-0.3, -0.25) is 0 Å². The molecule has 0 radical (unpaired) electrons. The smallest absolute Gasteiger partial charge is 0.346 e. The van der Waals surface area contributed by atoms with Crippen LogP contribution in [0.1, 0.15) is 15.2 Å². The van der Waals surface area contributed by atoms with Crippen LogP contribution in [0.4, 0.5) is 5.82 Å². The second-order valence-corrected chi connectivity index (χ2v) is 5.49. The summed E-state index contributed by atoms with van der Waals surface area (Å²) in [4.78, 5) is 22.6. The number of fused-ring (bicyclic) bond motifs is 1. The van der Waals surface area contributed by atoms with E-state index in [1.807, 2.05) is 14.1 Å². The summed E-state index contributed by atoms with van der Waals surface area (Å²) in [5, 5.41) is 13.2. The van der Waals surface area contributed by atoms with Gasteiger partial charge in [0.1, 0.15) is 21.9 Å². The zero-order valence-corrected chi connectivity index (χ0v) is 11.9. The van der Waals surface area contributed by atoms with Gasteiger partial charge in [-0.2, -0.15) is 0 Å². The van der Waals surface area contributed by atoms with E-state index >= 15 is 0 Å². The van der Waals surface area contributed by atoms with Gasteiger partial charge in [-0.15, -0.1) is 11.3 Å². The molecule has 0 saturated heterocycles. The molecule has 0 aliphatic carbocycles. The molecule has 2 heterocycles. The lowest BCUT2D eigenvalue weighted by Crippen LogP contribution is -2.21. The zero-order chi connectivity index (χ0) is 14.0. The Morgan fingerprint density at radius 2 is 2.21 bits per heavy atom. The van der Waals surface area contributed by atoms with Gasteiger partial charge in [-0.1, -0.05) is 0 Å². The predicted octanol–water partition coefficient (Wildman–Crippen LogP) is 1.67. The number of nitrogens with zero attached hydrogens (tertiary/aromatic N) is 3. The molecule has 0 aliphatic heterocycles. The van der Waals surface area contributed by atoms with Gasteiger partial charge in [0.25, 0.3) is 0 Å². The van der Waals surface area contributed by atoms with Gasteiger partial charge in [-0.05, 0) is 26.6 Å². The van der Waals surface area contributed by atoms with Crippen LogP contribution in [0.5, 0.6) is 0 Å². The van der Waals surface area contributed by atoms with E-state index in [0.29, 0.717) is 15.5 Å². The number of thiophene rings is 1. The Morgan fingerprint density at radius 1 is 1.47 bits per heavy atom. The van der Waals surface area contributed by atoms with Gasteiger partial charge >= 0.3 is 5.97 Å². The third-order valence-electron chi connectivity index (χ3n) is 2.77. The second kappa shape index (κ2) is 5.50. The molecule has 2 aromatic heterocycles. The number of rotatable bonds is 5. The minimum absolute atomic E-state index is 0.325. The number of likely N-dealkylation sites (N-methyl/N-ethyl adjacent to an activating group) is 1. The van der Waals surface area contributed by atoms with Gasteiger partial charge in [0.15, 0.2) is 0 Å². The first-order valence-corrected chi connectivity index (χ1v) is 6.68. The van der Waals surface area contributed by atoms with Crippen molar-refractivity contribution in [1.82, 2.24) is 14.9 Å². The summed E-state index contributed by atoms with van der Waals surface area (Å²) in [5.41, 5.74) is 0.723. The maximum atomic E-state index is 11.1. The van der Waals surface area contributed by atoms with Crippen molar-refractivity contribution in [2.24, 2.45) is 0 Å². The first-order chi connectivity index (χ1) is 9.00. The molecule has 0 bridgehead atoms. The van der Waals surface area contributed by atoms with E-state index in [4.69, 9.17) is 5.11 Å². The quantitative estimate of drug-likeness (QED) is 0.867. The highest BCUT2D eigenvalue weighted by molar-refractivity contribution is 7.20. The van der Waals surface area contributed by atoms with Crippen LogP contribution in [-0.2, 0) is 0 Å². The van der Waals surface area contributed by atoms with Crippen LogP contribution in [-0.4, -0.2) is 53.1 Å². The first kappa shape index (κ1) is 13.7. The number of hydrogen-bond acceptors (Lipinski definition) is 6. The van der Waals surface area contributed by atoms with Gasteiger partial charge in [-0.25, -0.2) is 14.8 Å². The lowest BCUT2D eigenvalue weighted by Gasteiger charge is -2.11. The number of anilines is 1. The minimum atomic E-state index is -0.917. The predicted molar refractivity (Wildman–Crippen MR) is 76.2 cm³/mol. The molecule has 0 spiro atoms. The van der Waals surface area contributed by atoms with E-state index in [1.54, 1.807) is 6.92 Å². The minimum Gasteiger partial charge on any atom is -0.477 e. The number of aromatic carboxylic acids is 1. The number of aryl methyl sites for hydroxylation is 1. The van der Waals surface area contributed by atoms with Crippen LogP contribution >= 0.6 is 11.3 Å². The molecule has 2 rings (SSSR count). The lowest BCUT2D eigenvalue weighted by molar-refractivity contribution is 0.0701. The van der Waals surface area contributed by atoms with Crippen molar-refractivity contribution in [3.63, 3.8) is 0 Å². The molecule has 6 nitrogen and oxygen atoms in total. The van der Waals surface area contributed by atoms with Crippen molar-refractivity contribution in [2.45, 2.75) is 6.92 Å². The monoisotopic (exact) mass is 280 g/mol. The molecule has 0 aliphatic rings. The van der Waals surface area contributed by atoms with Crippen LogP contribution in [0.2, 0.25) is 0 Å². The lowest BCUT2D eigenvalue weighted by atomic mass is 10.2. The molecule has 19 heavy (non-hydrogen) atoms. The van der Waals surface area contributed by atoms with E-state index < -0.39 is 5.97 Å². The normalized spacial score (nSPS) is 11.2. The van der Waals surface area contributed by atoms with E-state index in [1.165, 1.54) is 17.7 Å². The Kier molecular flexibility index (Phi) is 3.96. The molecule has 0 fully saturated rings. The third-order valence-corrected chi connectivity index (χ3v) is 3.96. The van der Waals surface area contributed by atoms with E-state index in [2.05, 4.69) is 20.2 Å². The summed E-state index contributed by atoms with van der Waals surface area (Å²) < 4.78 is 0. The Balaban J connectivity index is 2.36. The average molecular weight is 280 g/mol. The highest BCUT2D eigenvalue weighted by Gasteiger charge is 2.18. The fourth-order valence-electron chi connectivity index (χ4n) is 1.81. The van der Waals surface area contributed by atoms with Gasteiger partial charge in [0, 0.05) is 13.1 Å². The second-order valence-electron chi connectivity index (χ2n) is 4.49. The van der Waals surface area contributed by atoms with Crippen molar-refractivity contribution < 1.29 is 9.90 Å². The Bertz CT molecular complexity index is 609. The Morgan fingerprint density at radius 3 is 2.84 bits per heavy atom. The van der Waals surface area contributed by atoms with E-state index in [9.17, 15) is 4.79 Å². The highest BCUT2D eigenvalue weighted by atomic mass is 32.1. The topological polar surface area (TPSA) is 78.3 Å². The molecule has 0 amide bonds. The summed E-state index contributed by atoms with van der Waals surface area (Å²) in [6.45, 7) is 3.42. The molecular weight excluding hydrogens is 264 g/mol. The maximum Gasteiger partial charge on any atom is 0.346 e. The molecule has 2 N–H and O–H groups in total. The summed E-state index contributed by atoms with van der Waals surface area (Å²) in [6.07, 6.45) is 1.46. The number of carboxylic acid groups (broad SMARTS) is 1. The van der Waals surface area contributed by atoms with Crippen molar-refractivity contribution in [1.29, 1.82) is 0 Å². The number of aromatic nitrogens is 2. The van der Waals surface area contributed by atoms with Crippen molar-refractivity contribution >= 4 is 33.3 Å². The molecule has 2 aromatic rings. The zero-order valence-electron chi connectivity index (χ0n) is 11.1. The Hall–Kier alpha value is -1.73. The molecule has 102 valence electrons. The van der Waals surface area contributed by atoms with E-state index in [-0.39, 0.29) is 0 Å². The van der Waals surface area contributed by atoms with Gasteiger partial charge in [0.05, 0.1) is 5.39 Å². The van der Waals surface area contributed by atoms with Crippen molar-refractivity contribution in [3.05, 3.63) is 16.8 Å². The SMILES string of the molecule is Cc1c(C(=O)O)sc2ncnc(NCCN(C)C)c12. The van der Waals surface area contributed by atoms with Gasteiger partial charge < -0.3 is 15.3 Å². The third kappa shape index (κ3) is 2.82. The number of hydrogen-bond donors (Lipinski definition) is 2. The first-order valence-electron chi connectivity index (χ1n) is 5.86. The number of nitrogens with one attached hydrogen (secondary N) is 1. The Labute approximate surface area is 115 Å². The molecule has 0 saturated carbocycles. The maximum absolute atomic E-state index is 11.1. The highest BCUT2D eigenvalue weighted by Crippen LogP contribution is 2.32. The van der Waals surface area contributed by atoms with Crippen LogP contribution in [0.15, 0.2) is 6.33 Å². The number of carbonyl (C=O) groups is 1. The molecule has 7 heteroatoms. The molecular formula is C12H16N4O2S. The van der Waals surface area contributed by atoms with E-state index in [0.717, 1.165) is 24.0 Å². The summed E-state index contributed by atoms with van der Waals surface area (Å²) in [5.74, 6) is -0.215. The largest absolute Gasteiger partial charge is 0.477 e. The molecule has 0 aromatic carbocycles. The van der Waals surface area contributed by atoms with Crippen molar-refractivity contribution in [3.8, 4) is 0 Å².